The van der Waals surface area contributed by atoms with Crippen LogP contribution < -0.4 is 10.1 Å². The number of hydrogen-bond donors (Lipinski definition) is 1. The molecule has 0 aliphatic heterocycles. The van der Waals surface area contributed by atoms with Gasteiger partial charge in [0.15, 0.2) is 11.4 Å². The lowest BCUT2D eigenvalue weighted by Crippen LogP contribution is -2.27. The highest BCUT2D eigenvalue weighted by molar-refractivity contribution is 5.95. The van der Waals surface area contributed by atoms with E-state index in [0.29, 0.717) is 11.4 Å². The Labute approximate surface area is 121 Å². The van der Waals surface area contributed by atoms with Gasteiger partial charge in [0.25, 0.3) is 5.91 Å². The molecule has 112 valence electrons. The monoisotopic (exact) mass is 278 g/mol. The lowest BCUT2D eigenvalue weighted by Gasteiger charge is -2.30. The van der Waals surface area contributed by atoms with Crippen LogP contribution >= 0.6 is 0 Å². The van der Waals surface area contributed by atoms with E-state index in [2.05, 4.69) is 51.8 Å². The summed E-state index contributed by atoms with van der Waals surface area (Å²) in [6.07, 6.45) is 0. The van der Waals surface area contributed by atoms with Gasteiger partial charge in [-0.1, -0.05) is 41.5 Å². The lowest BCUT2D eigenvalue weighted by atomic mass is 9.78. The maximum atomic E-state index is 12.0. The molecule has 0 atom stereocenters. The van der Waals surface area contributed by atoms with Crippen LogP contribution in [0.5, 0.6) is 5.75 Å². The van der Waals surface area contributed by atoms with Crippen molar-refractivity contribution in [1.82, 2.24) is 10.3 Å². The van der Waals surface area contributed by atoms with Gasteiger partial charge >= 0.3 is 0 Å². The third-order valence-corrected chi connectivity index (χ3v) is 3.17. The minimum Gasteiger partial charge on any atom is -0.494 e. The summed E-state index contributed by atoms with van der Waals surface area (Å²) in [4.78, 5) is 16.6. The van der Waals surface area contributed by atoms with Gasteiger partial charge in [-0.15, -0.1) is 0 Å². The van der Waals surface area contributed by atoms with Crippen LogP contribution in [0.4, 0.5) is 0 Å². The van der Waals surface area contributed by atoms with Gasteiger partial charge < -0.3 is 10.1 Å². The Morgan fingerprint density at radius 1 is 1.15 bits per heavy atom. The number of nitrogens with one attached hydrogen (secondary N) is 1. The fourth-order valence-corrected chi connectivity index (χ4v) is 2.08. The van der Waals surface area contributed by atoms with Crippen molar-refractivity contribution in [2.24, 2.45) is 0 Å². The summed E-state index contributed by atoms with van der Waals surface area (Å²) in [7, 11) is 3.16. The summed E-state index contributed by atoms with van der Waals surface area (Å²) < 4.78 is 5.35. The Morgan fingerprint density at radius 2 is 1.70 bits per heavy atom. The molecule has 0 fully saturated rings. The Balaban J connectivity index is 3.67. The fourth-order valence-electron chi connectivity index (χ4n) is 2.08. The first-order valence-corrected chi connectivity index (χ1v) is 6.84. The van der Waals surface area contributed by atoms with Crippen molar-refractivity contribution < 1.29 is 9.53 Å². The van der Waals surface area contributed by atoms with Crippen molar-refractivity contribution in [3.8, 4) is 5.75 Å². The Morgan fingerprint density at radius 3 is 2.05 bits per heavy atom. The molecule has 1 rings (SSSR count). The Bertz CT molecular complexity index is 508. The van der Waals surface area contributed by atoms with E-state index >= 15 is 0 Å². The van der Waals surface area contributed by atoms with Gasteiger partial charge in [-0.25, -0.2) is 4.98 Å². The summed E-state index contributed by atoms with van der Waals surface area (Å²) in [6.45, 7) is 12.7. The van der Waals surface area contributed by atoms with Crippen LogP contribution in [-0.2, 0) is 10.8 Å². The molecule has 0 saturated carbocycles. The second-order valence-electron chi connectivity index (χ2n) is 7.01. The number of rotatable bonds is 2. The molecule has 4 heteroatoms. The quantitative estimate of drug-likeness (QED) is 0.904. The van der Waals surface area contributed by atoms with Crippen LogP contribution in [-0.4, -0.2) is 25.0 Å². The van der Waals surface area contributed by atoms with Gasteiger partial charge in [0.2, 0.25) is 0 Å². The van der Waals surface area contributed by atoms with Crippen molar-refractivity contribution in [1.29, 1.82) is 0 Å². The highest BCUT2D eigenvalue weighted by Crippen LogP contribution is 2.35. The van der Waals surface area contributed by atoms with E-state index in [1.165, 1.54) is 0 Å². The molecular weight excluding hydrogens is 252 g/mol. The zero-order chi connectivity index (χ0) is 15.7. The number of ether oxygens (including phenoxy) is 1. The van der Waals surface area contributed by atoms with Gasteiger partial charge in [0, 0.05) is 12.5 Å². The average molecular weight is 278 g/mol. The molecule has 0 spiro atoms. The smallest absolute Gasteiger partial charge is 0.273 e. The molecule has 1 heterocycles. The van der Waals surface area contributed by atoms with Gasteiger partial charge in [-0.05, 0) is 17.0 Å². The molecule has 4 nitrogen and oxygen atoms in total. The van der Waals surface area contributed by atoms with Gasteiger partial charge in [-0.2, -0.15) is 0 Å². The first kappa shape index (κ1) is 16.5. The fraction of sp³-hybridized carbons (Fsp3) is 0.625. The zero-order valence-corrected chi connectivity index (χ0v) is 13.8. The molecule has 1 N–H and O–H groups in total. The predicted molar refractivity (Wildman–Crippen MR) is 81.6 cm³/mol. The SMILES string of the molecule is CNC(=O)c1nc(C(C)(C)C)c(C(C)(C)C)cc1OC. The second-order valence-corrected chi connectivity index (χ2v) is 7.01. The maximum Gasteiger partial charge on any atom is 0.273 e. The lowest BCUT2D eigenvalue weighted by molar-refractivity contribution is 0.0954. The van der Waals surface area contributed by atoms with Crippen molar-refractivity contribution in [2.45, 2.75) is 52.4 Å². The summed E-state index contributed by atoms with van der Waals surface area (Å²) >= 11 is 0. The number of carbonyl (C=O) groups excluding carboxylic acids is 1. The molecule has 0 bridgehead atoms. The van der Waals surface area contributed by atoms with E-state index in [4.69, 9.17) is 4.74 Å². The van der Waals surface area contributed by atoms with Crippen molar-refractivity contribution in [2.75, 3.05) is 14.2 Å². The molecule has 0 aromatic carbocycles. The molecule has 1 aromatic rings. The Hall–Kier alpha value is -1.58. The number of hydrogen-bond acceptors (Lipinski definition) is 3. The Kier molecular flexibility index (Phi) is 4.47. The van der Waals surface area contributed by atoms with E-state index < -0.39 is 0 Å². The van der Waals surface area contributed by atoms with Crippen LogP contribution in [0.15, 0.2) is 6.07 Å². The van der Waals surface area contributed by atoms with E-state index in [0.717, 1.165) is 11.3 Å². The van der Waals surface area contributed by atoms with Crippen LogP contribution in [0.1, 0.15) is 63.3 Å². The van der Waals surface area contributed by atoms with Gasteiger partial charge in [-0.3, -0.25) is 4.79 Å². The minimum absolute atomic E-state index is 0.0654. The topological polar surface area (TPSA) is 51.2 Å². The van der Waals surface area contributed by atoms with Crippen molar-refractivity contribution in [3.63, 3.8) is 0 Å². The van der Waals surface area contributed by atoms with Gasteiger partial charge in [0.1, 0.15) is 0 Å². The number of carbonyl (C=O) groups is 1. The molecule has 0 aliphatic rings. The number of pyridine rings is 1. The number of methoxy groups -OCH3 is 1. The molecule has 0 unspecified atom stereocenters. The van der Waals surface area contributed by atoms with Crippen LogP contribution in [0.25, 0.3) is 0 Å². The molecule has 1 aromatic heterocycles. The van der Waals surface area contributed by atoms with E-state index in [1.54, 1.807) is 14.2 Å². The normalized spacial score (nSPS) is 12.2. The molecule has 20 heavy (non-hydrogen) atoms. The van der Waals surface area contributed by atoms with E-state index in [1.807, 2.05) is 6.07 Å². The second kappa shape index (κ2) is 5.43. The highest BCUT2D eigenvalue weighted by Gasteiger charge is 2.29. The number of amides is 1. The molecule has 0 saturated heterocycles. The molecule has 1 amide bonds. The predicted octanol–water partition coefficient (Wildman–Crippen LogP) is 3.04. The van der Waals surface area contributed by atoms with Crippen molar-refractivity contribution >= 4 is 5.91 Å². The van der Waals surface area contributed by atoms with Crippen molar-refractivity contribution in [3.05, 3.63) is 23.0 Å². The first-order chi connectivity index (χ1) is 9.02. The third-order valence-electron chi connectivity index (χ3n) is 3.17. The van der Waals surface area contributed by atoms with Crippen LogP contribution in [0, 0.1) is 0 Å². The molecule has 0 aliphatic carbocycles. The maximum absolute atomic E-state index is 12.0. The number of aromatic nitrogens is 1. The summed E-state index contributed by atoms with van der Waals surface area (Å²) in [5, 5.41) is 2.61. The number of nitrogens with zero attached hydrogens (tertiary/aromatic N) is 1. The molecule has 0 radical (unpaired) electrons. The van der Waals surface area contributed by atoms with Crippen LogP contribution in [0.2, 0.25) is 0 Å². The largest absolute Gasteiger partial charge is 0.494 e. The summed E-state index contributed by atoms with van der Waals surface area (Å²) in [6, 6.07) is 1.94. The van der Waals surface area contributed by atoms with Gasteiger partial charge in [0.05, 0.1) is 12.8 Å². The van der Waals surface area contributed by atoms with E-state index in [9.17, 15) is 4.79 Å². The average Bonchev–Trinajstić information content (AvgIpc) is 2.33. The molecular formula is C16H26N2O2. The summed E-state index contributed by atoms with van der Waals surface area (Å²) in [5.41, 5.74) is 2.17. The summed E-state index contributed by atoms with van der Waals surface area (Å²) in [5.74, 6) is 0.287. The van der Waals surface area contributed by atoms with E-state index in [-0.39, 0.29) is 16.7 Å². The van der Waals surface area contributed by atoms with Crippen LogP contribution in [0.3, 0.4) is 0 Å². The zero-order valence-electron chi connectivity index (χ0n) is 13.8. The standard InChI is InChI=1S/C16H26N2O2/c1-15(2,3)10-9-11(20-8)12(14(19)17-7)18-13(10)16(4,5)6/h9H,1-8H3,(H,17,19). The highest BCUT2D eigenvalue weighted by atomic mass is 16.5. The minimum atomic E-state index is -0.229. The third kappa shape index (κ3) is 3.30. The first-order valence-electron chi connectivity index (χ1n) is 6.84.